The van der Waals surface area contributed by atoms with E-state index in [-0.39, 0.29) is 0 Å². The molecule has 17 aromatic carbocycles. The predicted molar refractivity (Wildman–Crippen MR) is 497 cm³/mol. The SMILES string of the molecule is c1ccc(-c2nc(-c3ccccc3)nc(-c3ccc(-n4c5ccc(-n6c7ccccc7c7ccccc76)cc5c5cc(-n6c7ccccc7c7ccccc76)ccc54)cc3)n2)cc1.c1ccc(-c2nc(-c3ccccc3)nc(-c3ccc4sc5ccc(-n6c7ccccc7c7cc(-n8c9ccccc9c9ccccc98)ccc76)cc5c4c3)n2)cc1. The van der Waals surface area contributed by atoms with E-state index in [2.05, 4.69) is 308 Å². The Balaban J connectivity index is 0.000000137. The van der Waals surface area contributed by atoms with Gasteiger partial charge in [0.2, 0.25) is 0 Å². The second kappa shape index (κ2) is 27.9. The van der Waals surface area contributed by atoms with Crippen molar-refractivity contribution in [1.82, 2.24) is 52.7 Å². The minimum absolute atomic E-state index is 0.628. The lowest BCUT2D eigenvalue weighted by Crippen LogP contribution is -2.00. The monoisotopic (exact) mass is 1550 g/mol. The maximum Gasteiger partial charge on any atom is 0.164 e. The number of benzene rings is 17. The molecule has 0 bridgehead atoms. The Hall–Kier alpha value is -16.0. The third-order valence-corrected chi connectivity index (χ3v) is 24.8. The molecule has 0 fully saturated rings. The zero-order valence-electron chi connectivity index (χ0n) is 64.5. The summed E-state index contributed by atoms with van der Waals surface area (Å²) in [5, 5.41) is 14.7. The van der Waals surface area contributed by atoms with Crippen LogP contribution in [0.5, 0.6) is 0 Å². The van der Waals surface area contributed by atoms with Crippen molar-refractivity contribution < 1.29 is 0 Å². The summed E-state index contributed by atoms with van der Waals surface area (Å²) < 4.78 is 14.5. The highest BCUT2D eigenvalue weighted by Gasteiger charge is 2.24. The number of aromatic nitrogens is 11. The van der Waals surface area contributed by atoms with E-state index < -0.39 is 0 Å². The van der Waals surface area contributed by atoms with Gasteiger partial charge < -0.3 is 22.8 Å². The maximum atomic E-state index is 5.03. The van der Waals surface area contributed by atoms with Gasteiger partial charge in [-0.2, -0.15) is 0 Å². The first-order valence-corrected chi connectivity index (χ1v) is 41.2. The highest BCUT2D eigenvalue weighted by atomic mass is 32.1. The molecule has 0 saturated heterocycles. The summed E-state index contributed by atoms with van der Waals surface area (Å²) in [6.07, 6.45) is 0. The Bertz CT molecular complexity index is 7960. The summed E-state index contributed by atoms with van der Waals surface area (Å²) in [6, 6.07) is 144. The molecule has 8 aromatic heterocycles. The molecule has 12 heteroatoms. The molecule has 0 amide bonds. The van der Waals surface area contributed by atoms with Crippen LogP contribution in [0.25, 0.3) is 226 Å². The van der Waals surface area contributed by atoms with Crippen molar-refractivity contribution in [2.75, 3.05) is 0 Å². The molecule has 0 unspecified atom stereocenters. The van der Waals surface area contributed by atoms with Crippen LogP contribution in [-0.2, 0) is 0 Å². The van der Waals surface area contributed by atoms with Crippen LogP contribution < -0.4 is 0 Å². The van der Waals surface area contributed by atoms with Crippen LogP contribution in [-0.4, -0.2) is 52.7 Å². The summed E-state index contributed by atoms with van der Waals surface area (Å²) in [7, 11) is 0. The summed E-state index contributed by atoms with van der Waals surface area (Å²) in [5.74, 6) is 3.88. The molecule has 0 aliphatic heterocycles. The highest BCUT2D eigenvalue weighted by Crippen LogP contribution is 2.45. The molecule has 11 nitrogen and oxygen atoms in total. The number of hydrogen-bond donors (Lipinski definition) is 0. The third kappa shape index (κ3) is 11.3. The van der Waals surface area contributed by atoms with E-state index in [1.54, 1.807) is 0 Å². The van der Waals surface area contributed by atoms with Crippen LogP contribution in [0.4, 0.5) is 0 Å². The van der Waals surface area contributed by atoms with Crippen LogP contribution in [0.2, 0.25) is 0 Å². The molecule has 25 rings (SSSR count). The maximum absolute atomic E-state index is 5.03. The summed E-state index contributed by atoms with van der Waals surface area (Å²) >= 11 is 1.82. The smallest absolute Gasteiger partial charge is 0.164 e. The second-order valence-corrected chi connectivity index (χ2v) is 31.6. The van der Waals surface area contributed by atoms with E-state index in [0.717, 1.165) is 72.9 Å². The summed E-state index contributed by atoms with van der Waals surface area (Å²) in [5.41, 5.74) is 23.0. The normalized spacial score (nSPS) is 11.8. The topological polar surface area (TPSA) is 102 Å². The van der Waals surface area contributed by atoms with Crippen molar-refractivity contribution in [2.24, 2.45) is 0 Å². The number of nitrogens with zero attached hydrogens (tertiary/aromatic N) is 11. The molecule has 0 atom stereocenters. The number of thiophene rings is 1. The van der Waals surface area contributed by atoms with Crippen molar-refractivity contribution in [3.8, 4) is 96.8 Å². The van der Waals surface area contributed by atoms with E-state index >= 15 is 0 Å². The standard InChI is InChI=1S/C57H36N6.C51H31N5S/c1-3-15-37(16-4-1)55-58-56(38-17-5-2-6-18-38)60-57(59-55)39-27-29-40(30-28-39)61-53-33-31-41(62-49-23-11-7-19-43(49)44-20-8-12-24-50(44)62)35-47(53)48-36-42(32-34-54(48)61)63-51-25-13-9-21-45(51)46-22-10-14-26-52(46)63;1-3-13-32(14-4-1)49-52-50(33-15-5-2-6-16-33)54-51(53-49)34-23-27-47-41(29-34)42-31-36(25-28-48(42)57-47)56-45-22-12-9-19-39(45)40-30-35(24-26-46(40)56)55-43-20-10-7-17-37(43)38-18-8-11-21-44(38)55/h1-36H;1-31H. The van der Waals surface area contributed by atoms with Gasteiger partial charge in [-0.15, -0.1) is 11.3 Å². The molecule has 560 valence electrons. The molecular formula is C108H67N11S. The Morgan fingerprint density at radius 2 is 0.342 bits per heavy atom. The molecule has 0 radical (unpaired) electrons. The fraction of sp³-hybridized carbons (Fsp3) is 0. The third-order valence-electron chi connectivity index (χ3n) is 23.7. The van der Waals surface area contributed by atoms with Crippen LogP contribution in [0.3, 0.4) is 0 Å². The molecule has 0 spiro atoms. The molecule has 120 heavy (non-hydrogen) atoms. The average Bonchev–Trinajstić information content (AvgIpc) is 1.57. The van der Waals surface area contributed by atoms with E-state index in [1.807, 2.05) is 133 Å². The van der Waals surface area contributed by atoms with Gasteiger partial charge in [-0.1, -0.05) is 249 Å². The van der Waals surface area contributed by atoms with Gasteiger partial charge in [0.05, 0.1) is 55.2 Å². The number of rotatable bonds is 11. The highest BCUT2D eigenvalue weighted by molar-refractivity contribution is 7.25. The molecule has 8 heterocycles. The van der Waals surface area contributed by atoms with Gasteiger partial charge >= 0.3 is 0 Å². The molecule has 0 aliphatic carbocycles. The minimum Gasteiger partial charge on any atom is -0.309 e. The van der Waals surface area contributed by atoms with Gasteiger partial charge in [-0.3, -0.25) is 0 Å². The van der Waals surface area contributed by atoms with Gasteiger partial charge in [-0.05, 0) is 158 Å². The molecule has 0 saturated carbocycles. The van der Waals surface area contributed by atoms with E-state index in [9.17, 15) is 0 Å². The van der Waals surface area contributed by atoms with Crippen molar-refractivity contribution in [3.05, 3.63) is 406 Å². The number of fused-ring (bicyclic) bond motifs is 18. The Kier molecular flexibility index (Phi) is 15.9. The van der Waals surface area contributed by atoms with Crippen molar-refractivity contribution in [2.45, 2.75) is 0 Å². The predicted octanol–water partition coefficient (Wildman–Crippen LogP) is 27.6. The van der Waals surface area contributed by atoms with E-state index in [4.69, 9.17) is 29.9 Å². The van der Waals surface area contributed by atoms with Gasteiger partial charge in [-0.25, -0.2) is 29.9 Å². The van der Waals surface area contributed by atoms with Gasteiger partial charge in [0.15, 0.2) is 34.9 Å². The average molecular weight is 1550 g/mol. The number of para-hydroxylation sites is 7. The lowest BCUT2D eigenvalue weighted by atomic mass is 10.1. The molecule has 0 aliphatic rings. The number of hydrogen-bond acceptors (Lipinski definition) is 7. The second-order valence-electron chi connectivity index (χ2n) is 30.5. The summed E-state index contributed by atoms with van der Waals surface area (Å²) in [6.45, 7) is 0. The van der Waals surface area contributed by atoms with Crippen molar-refractivity contribution >= 4 is 141 Å². The van der Waals surface area contributed by atoms with Crippen LogP contribution in [0, 0.1) is 0 Å². The van der Waals surface area contributed by atoms with Gasteiger partial charge in [0, 0.05) is 136 Å². The van der Waals surface area contributed by atoms with Crippen LogP contribution in [0.1, 0.15) is 0 Å². The van der Waals surface area contributed by atoms with Gasteiger partial charge in [0.1, 0.15) is 0 Å². The molecule has 0 N–H and O–H groups in total. The first kappa shape index (κ1) is 68.4. The first-order chi connectivity index (χ1) is 59.5. The largest absolute Gasteiger partial charge is 0.309 e. The van der Waals surface area contributed by atoms with E-state index in [0.29, 0.717) is 34.9 Å². The molecular weight excluding hydrogens is 1480 g/mol. The summed E-state index contributed by atoms with van der Waals surface area (Å²) in [4.78, 5) is 29.9. The lowest BCUT2D eigenvalue weighted by Gasteiger charge is -2.12. The first-order valence-electron chi connectivity index (χ1n) is 40.4. The van der Waals surface area contributed by atoms with E-state index in [1.165, 1.54) is 118 Å². The fourth-order valence-electron chi connectivity index (χ4n) is 18.2. The Morgan fingerprint density at radius 3 is 0.658 bits per heavy atom. The zero-order chi connectivity index (χ0) is 78.9. The fourth-order valence-corrected chi connectivity index (χ4v) is 19.3. The Labute approximate surface area is 691 Å². The zero-order valence-corrected chi connectivity index (χ0v) is 65.3. The quantitative estimate of drug-likeness (QED) is 0.128. The van der Waals surface area contributed by atoms with Crippen molar-refractivity contribution in [3.63, 3.8) is 0 Å². The van der Waals surface area contributed by atoms with Gasteiger partial charge in [0.25, 0.3) is 0 Å². The Morgan fingerprint density at radius 1 is 0.142 bits per heavy atom. The van der Waals surface area contributed by atoms with Crippen LogP contribution >= 0.6 is 11.3 Å². The molecule has 25 aromatic rings. The van der Waals surface area contributed by atoms with Crippen molar-refractivity contribution in [1.29, 1.82) is 0 Å². The van der Waals surface area contributed by atoms with Crippen LogP contribution in [0.15, 0.2) is 406 Å². The minimum atomic E-state index is 0.628. The lowest BCUT2D eigenvalue weighted by molar-refractivity contribution is 1.07.